The van der Waals surface area contributed by atoms with E-state index in [1.165, 1.54) is 6.92 Å². The maximum Gasteiger partial charge on any atom is 0.573 e. The molecule has 0 unspecified atom stereocenters. The summed E-state index contributed by atoms with van der Waals surface area (Å²) < 4.78 is 84.0. The highest BCUT2D eigenvalue weighted by Crippen LogP contribution is 2.32. The van der Waals surface area contributed by atoms with Crippen molar-refractivity contribution in [1.29, 1.82) is 0 Å². The fraction of sp³-hybridized carbons (Fsp3) is 0.267. The van der Waals surface area contributed by atoms with Gasteiger partial charge in [0.05, 0.1) is 6.61 Å². The molecule has 0 atom stereocenters. The van der Waals surface area contributed by atoms with Gasteiger partial charge in [0.25, 0.3) is 0 Å². The van der Waals surface area contributed by atoms with Crippen molar-refractivity contribution in [3.63, 3.8) is 0 Å². The Morgan fingerprint density at radius 3 is 2.19 bits per heavy atom. The van der Waals surface area contributed by atoms with Crippen molar-refractivity contribution >= 4 is 5.97 Å². The third-order valence-electron chi connectivity index (χ3n) is 2.90. The molecule has 1 heterocycles. The third kappa shape index (κ3) is 4.83. The number of hydrogen-bond donors (Lipinski definition) is 0. The second kappa shape index (κ2) is 7.18. The highest BCUT2D eigenvalue weighted by molar-refractivity contribution is 5.90. The van der Waals surface area contributed by atoms with E-state index in [0.717, 1.165) is 24.3 Å². The molecule has 11 heteroatoms. The lowest BCUT2D eigenvalue weighted by molar-refractivity contribution is -0.274. The zero-order chi connectivity index (χ0) is 19.5. The van der Waals surface area contributed by atoms with E-state index < -0.39 is 41.3 Å². The fourth-order valence-electron chi connectivity index (χ4n) is 1.90. The molecule has 1 aromatic carbocycles. The lowest BCUT2D eigenvalue weighted by atomic mass is 10.1. The maximum absolute atomic E-state index is 13.2. The van der Waals surface area contributed by atoms with Gasteiger partial charge in [-0.3, -0.25) is 0 Å². The molecule has 0 radical (unpaired) electrons. The van der Waals surface area contributed by atoms with Crippen LogP contribution < -0.4 is 4.74 Å². The molecule has 0 saturated heterocycles. The van der Waals surface area contributed by atoms with E-state index in [2.05, 4.69) is 19.4 Å². The van der Waals surface area contributed by atoms with E-state index >= 15 is 0 Å². The zero-order valence-corrected chi connectivity index (χ0v) is 13.0. The number of carbonyl (C=O) groups is 1. The minimum Gasteiger partial charge on any atom is -0.462 e. The van der Waals surface area contributed by atoms with Crippen LogP contribution in [0.3, 0.4) is 0 Å². The Labute approximate surface area is 142 Å². The van der Waals surface area contributed by atoms with Crippen molar-refractivity contribution in [2.75, 3.05) is 6.61 Å². The average molecular weight is 380 g/mol. The minimum atomic E-state index is -4.96. The van der Waals surface area contributed by atoms with Crippen molar-refractivity contribution in [3.8, 4) is 17.1 Å². The van der Waals surface area contributed by atoms with E-state index in [1.54, 1.807) is 0 Å². The molecule has 0 saturated carbocycles. The summed E-state index contributed by atoms with van der Waals surface area (Å²) in [5.74, 6) is -2.22. The quantitative estimate of drug-likeness (QED) is 0.587. The summed E-state index contributed by atoms with van der Waals surface area (Å²) in [5, 5.41) is 0. The summed E-state index contributed by atoms with van der Waals surface area (Å²) in [4.78, 5) is 18.6. The van der Waals surface area contributed by atoms with Crippen LogP contribution in [-0.4, -0.2) is 28.9 Å². The average Bonchev–Trinajstić information content (AvgIpc) is 2.53. The van der Waals surface area contributed by atoms with Crippen LogP contribution in [0.15, 0.2) is 30.5 Å². The van der Waals surface area contributed by atoms with E-state index in [-0.39, 0.29) is 12.2 Å². The van der Waals surface area contributed by atoms with Gasteiger partial charge in [-0.2, -0.15) is 13.2 Å². The largest absolute Gasteiger partial charge is 0.573 e. The molecule has 140 valence electrons. The second-order valence-corrected chi connectivity index (χ2v) is 4.75. The topological polar surface area (TPSA) is 61.3 Å². The first-order valence-corrected chi connectivity index (χ1v) is 6.99. The standard InChI is InChI=1S/C15H10F6N2O3/c1-2-25-13(24)10-7-22-12(23-11(10)14(16,17)18)8-3-5-9(6-4-8)26-15(19,20)21/h3-7H,2H2,1H3. The molecular weight excluding hydrogens is 370 g/mol. The molecule has 2 rings (SSSR count). The van der Waals surface area contributed by atoms with Gasteiger partial charge in [0.2, 0.25) is 0 Å². The molecule has 0 aliphatic heterocycles. The van der Waals surface area contributed by atoms with Gasteiger partial charge < -0.3 is 9.47 Å². The number of halogens is 6. The monoisotopic (exact) mass is 380 g/mol. The Morgan fingerprint density at radius 2 is 1.69 bits per heavy atom. The predicted molar refractivity (Wildman–Crippen MR) is 75.1 cm³/mol. The van der Waals surface area contributed by atoms with E-state index in [4.69, 9.17) is 0 Å². The van der Waals surface area contributed by atoms with Gasteiger partial charge in [-0.15, -0.1) is 13.2 Å². The summed E-state index contributed by atoms with van der Waals surface area (Å²) in [6, 6.07) is 3.92. The van der Waals surface area contributed by atoms with Crippen molar-refractivity contribution < 1.29 is 40.6 Å². The lowest BCUT2D eigenvalue weighted by Gasteiger charge is -2.12. The van der Waals surface area contributed by atoms with E-state index in [9.17, 15) is 31.1 Å². The Bertz CT molecular complexity index is 787. The molecule has 5 nitrogen and oxygen atoms in total. The molecule has 0 N–H and O–H groups in total. The van der Waals surface area contributed by atoms with Crippen molar-refractivity contribution in [2.24, 2.45) is 0 Å². The van der Waals surface area contributed by atoms with Crippen LogP contribution in [-0.2, 0) is 10.9 Å². The molecular formula is C15H10F6N2O3. The summed E-state index contributed by atoms with van der Waals surface area (Å²) in [6.45, 7) is 1.28. The fourth-order valence-corrected chi connectivity index (χ4v) is 1.90. The number of alkyl halides is 6. The SMILES string of the molecule is CCOC(=O)c1cnc(-c2ccc(OC(F)(F)F)cc2)nc1C(F)(F)F. The number of rotatable bonds is 4. The second-order valence-electron chi connectivity index (χ2n) is 4.75. The van der Waals surface area contributed by atoms with Crippen molar-refractivity contribution in [3.05, 3.63) is 41.7 Å². The summed E-state index contributed by atoms with van der Waals surface area (Å²) in [7, 11) is 0. The Hall–Kier alpha value is -2.85. The molecule has 1 aromatic heterocycles. The van der Waals surface area contributed by atoms with Crippen LogP contribution >= 0.6 is 0 Å². The van der Waals surface area contributed by atoms with Gasteiger partial charge in [0, 0.05) is 11.8 Å². The summed E-state index contributed by atoms with van der Waals surface area (Å²) in [6.07, 6.45) is -9.20. The van der Waals surface area contributed by atoms with E-state index in [1.807, 2.05) is 0 Å². The van der Waals surface area contributed by atoms with Crippen LogP contribution in [0.2, 0.25) is 0 Å². The molecule has 0 amide bonds. The van der Waals surface area contributed by atoms with Crippen LogP contribution in [0, 0.1) is 0 Å². The zero-order valence-electron chi connectivity index (χ0n) is 13.0. The summed E-state index contributed by atoms with van der Waals surface area (Å²) in [5.41, 5.74) is -2.36. The first kappa shape index (κ1) is 19.5. The van der Waals surface area contributed by atoms with Gasteiger partial charge in [-0.05, 0) is 31.2 Å². The first-order chi connectivity index (χ1) is 12.0. The Balaban J connectivity index is 2.40. The Kier molecular flexibility index (Phi) is 5.38. The molecule has 2 aromatic rings. The molecule has 0 aliphatic rings. The predicted octanol–water partition coefficient (Wildman–Crippen LogP) is 4.24. The molecule has 0 aliphatic carbocycles. The van der Waals surface area contributed by atoms with Crippen molar-refractivity contribution in [1.82, 2.24) is 9.97 Å². The number of carbonyl (C=O) groups excluding carboxylic acids is 1. The number of nitrogens with zero attached hydrogens (tertiary/aromatic N) is 2. The van der Waals surface area contributed by atoms with E-state index in [0.29, 0.717) is 6.20 Å². The van der Waals surface area contributed by atoms with Crippen LogP contribution in [0.4, 0.5) is 26.3 Å². The number of hydrogen-bond acceptors (Lipinski definition) is 5. The summed E-state index contributed by atoms with van der Waals surface area (Å²) >= 11 is 0. The van der Waals surface area contributed by atoms with Crippen LogP contribution in [0.1, 0.15) is 23.0 Å². The Morgan fingerprint density at radius 1 is 1.08 bits per heavy atom. The van der Waals surface area contributed by atoms with Gasteiger partial charge in [-0.25, -0.2) is 14.8 Å². The van der Waals surface area contributed by atoms with Gasteiger partial charge in [0.1, 0.15) is 11.3 Å². The third-order valence-corrected chi connectivity index (χ3v) is 2.90. The van der Waals surface area contributed by atoms with Gasteiger partial charge in [-0.1, -0.05) is 0 Å². The highest BCUT2D eigenvalue weighted by atomic mass is 19.4. The lowest BCUT2D eigenvalue weighted by Crippen LogP contribution is -2.18. The van der Waals surface area contributed by atoms with Gasteiger partial charge in [0.15, 0.2) is 11.5 Å². The van der Waals surface area contributed by atoms with Crippen LogP contribution in [0.5, 0.6) is 5.75 Å². The van der Waals surface area contributed by atoms with Crippen molar-refractivity contribution in [2.45, 2.75) is 19.5 Å². The van der Waals surface area contributed by atoms with Gasteiger partial charge >= 0.3 is 18.5 Å². The first-order valence-electron chi connectivity index (χ1n) is 6.99. The molecule has 0 fully saturated rings. The number of aromatic nitrogens is 2. The maximum atomic E-state index is 13.2. The highest BCUT2D eigenvalue weighted by Gasteiger charge is 2.38. The number of esters is 1. The van der Waals surface area contributed by atoms with Crippen LogP contribution in [0.25, 0.3) is 11.4 Å². The minimum absolute atomic E-state index is 0.000401. The molecule has 0 bridgehead atoms. The number of ether oxygens (including phenoxy) is 2. The molecule has 0 spiro atoms. The normalized spacial score (nSPS) is 12.0. The smallest absolute Gasteiger partial charge is 0.462 e. The molecule has 26 heavy (non-hydrogen) atoms. The number of benzene rings is 1.